The van der Waals surface area contributed by atoms with E-state index in [1.807, 2.05) is 24.3 Å². The second kappa shape index (κ2) is 4.61. The van der Waals surface area contributed by atoms with Crippen LogP contribution in [0.1, 0.15) is 30.9 Å². The number of carboxylic acid groups (broad SMARTS) is 1. The molecule has 0 aliphatic heterocycles. The average molecular weight is 189 g/mol. The Morgan fingerprint density at radius 3 is 2.29 bits per heavy atom. The number of benzene rings is 1. The molecule has 0 saturated carbocycles. The van der Waals surface area contributed by atoms with Gasteiger partial charge >= 0.3 is 0 Å². The summed E-state index contributed by atoms with van der Waals surface area (Å²) in [4.78, 5) is 10.1. The van der Waals surface area contributed by atoms with Crippen molar-refractivity contribution in [3.63, 3.8) is 0 Å². The molecule has 0 aliphatic carbocycles. The first kappa shape index (κ1) is 10.5. The molecule has 1 aromatic carbocycles. The summed E-state index contributed by atoms with van der Waals surface area (Å²) >= 11 is 0. The van der Waals surface area contributed by atoms with Gasteiger partial charge in [0, 0.05) is 0 Å². The molecule has 0 aliphatic rings. The van der Waals surface area contributed by atoms with Gasteiger partial charge in [0.05, 0.1) is 5.97 Å². The minimum absolute atomic E-state index is 0.495. The van der Waals surface area contributed by atoms with Crippen molar-refractivity contribution in [3.8, 4) is 0 Å². The molecule has 0 saturated heterocycles. The monoisotopic (exact) mass is 189 g/mol. The third-order valence-corrected chi connectivity index (χ3v) is 2.01. The molecular weight excluding hydrogens is 176 g/mol. The molecule has 74 valence electrons. The summed E-state index contributed by atoms with van der Waals surface area (Å²) in [5.74, 6) is -0.674. The van der Waals surface area contributed by atoms with Crippen molar-refractivity contribution in [2.45, 2.75) is 19.8 Å². The van der Waals surface area contributed by atoms with Crippen LogP contribution in [-0.2, 0) is 4.79 Å². The lowest BCUT2D eigenvalue weighted by Gasteiger charge is -2.04. The fraction of sp³-hybridized carbons (Fsp3) is 0.250. The summed E-state index contributed by atoms with van der Waals surface area (Å²) in [6, 6.07) is 7.79. The Bertz CT molecular complexity index is 334. The van der Waals surface area contributed by atoms with Crippen LogP contribution in [0.15, 0.2) is 30.3 Å². The predicted molar refractivity (Wildman–Crippen MR) is 54.6 cm³/mol. The fourth-order valence-electron chi connectivity index (χ4n) is 1.16. The molecule has 0 fully saturated rings. The average Bonchev–Trinajstić information content (AvgIpc) is 2.15. The van der Waals surface area contributed by atoms with Crippen LogP contribution in [-0.4, -0.2) is 5.97 Å². The molecular formula is C12H13O2-. The van der Waals surface area contributed by atoms with Crippen molar-refractivity contribution in [1.29, 1.82) is 0 Å². The molecule has 0 amide bonds. The van der Waals surface area contributed by atoms with E-state index in [1.54, 1.807) is 0 Å². The number of aliphatic carboxylic acids is 1. The molecule has 0 spiro atoms. The Morgan fingerprint density at radius 1 is 1.29 bits per heavy atom. The van der Waals surface area contributed by atoms with Gasteiger partial charge in [0.1, 0.15) is 0 Å². The minimum Gasteiger partial charge on any atom is -0.545 e. The van der Waals surface area contributed by atoms with Gasteiger partial charge in [0.15, 0.2) is 0 Å². The van der Waals surface area contributed by atoms with Crippen LogP contribution >= 0.6 is 0 Å². The maximum Gasteiger partial charge on any atom is 0.0643 e. The standard InChI is InChI=1S/C12H14O2/c1-9(2)11-6-3-10(4-7-11)5-8-12(13)14/h3-9H,1-2H3,(H,13,14)/p-1/b8-5+. The quantitative estimate of drug-likeness (QED) is 0.677. The van der Waals surface area contributed by atoms with Crippen LogP contribution in [0.2, 0.25) is 0 Å². The van der Waals surface area contributed by atoms with E-state index in [4.69, 9.17) is 0 Å². The number of carbonyl (C=O) groups is 1. The highest BCUT2D eigenvalue weighted by molar-refractivity contribution is 5.83. The second-order valence-electron chi connectivity index (χ2n) is 3.47. The maximum atomic E-state index is 10.1. The van der Waals surface area contributed by atoms with Crippen LogP contribution in [0.3, 0.4) is 0 Å². The van der Waals surface area contributed by atoms with Crippen molar-refractivity contribution in [3.05, 3.63) is 41.5 Å². The zero-order chi connectivity index (χ0) is 10.6. The molecule has 0 heterocycles. The Balaban J connectivity index is 2.78. The summed E-state index contributed by atoms with van der Waals surface area (Å²) in [6.45, 7) is 4.23. The molecule has 0 N–H and O–H groups in total. The van der Waals surface area contributed by atoms with Gasteiger partial charge in [-0.25, -0.2) is 0 Å². The van der Waals surface area contributed by atoms with Crippen LogP contribution in [0.5, 0.6) is 0 Å². The van der Waals surface area contributed by atoms with Crippen LogP contribution < -0.4 is 5.11 Å². The Labute approximate surface area is 83.9 Å². The summed E-state index contributed by atoms with van der Waals surface area (Å²) in [6.07, 6.45) is 2.56. The van der Waals surface area contributed by atoms with Crippen molar-refractivity contribution < 1.29 is 9.90 Å². The van der Waals surface area contributed by atoms with E-state index < -0.39 is 5.97 Å². The van der Waals surface area contributed by atoms with Gasteiger partial charge in [0.2, 0.25) is 0 Å². The summed E-state index contributed by atoms with van der Waals surface area (Å²) < 4.78 is 0. The van der Waals surface area contributed by atoms with E-state index in [0.29, 0.717) is 5.92 Å². The number of rotatable bonds is 3. The molecule has 0 radical (unpaired) electrons. The Kier molecular flexibility index (Phi) is 3.46. The van der Waals surface area contributed by atoms with Crippen molar-refractivity contribution >= 4 is 12.0 Å². The van der Waals surface area contributed by atoms with E-state index in [1.165, 1.54) is 11.6 Å². The zero-order valence-corrected chi connectivity index (χ0v) is 8.36. The number of carboxylic acids is 1. The van der Waals surface area contributed by atoms with Crippen LogP contribution in [0.4, 0.5) is 0 Å². The lowest BCUT2D eigenvalue weighted by Crippen LogP contribution is -2.18. The molecule has 0 atom stereocenters. The van der Waals surface area contributed by atoms with E-state index in [-0.39, 0.29) is 0 Å². The van der Waals surface area contributed by atoms with Gasteiger partial charge in [0.25, 0.3) is 0 Å². The number of hydrogen-bond donors (Lipinski definition) is 0. The van der Waals surface area contributed by atoms with Gasteiger partial charge in [-0.1, -0.05) is 44.2 Å². The topological polar surface area (TPSA) is 40.1 Å². The first-order valence-electron chi connectivity index (χ1n) is 4.58. The van der Waals surface area contributed by atoms with Gasteiger partial charge in [-0.05, 0) is 23.1 Å². The maximum absolute atomic E-state index is 10.1. The van der Waals surface area contributed by atoms with E-state index in [0.717, 1.165) is 11.6 Å². The van der Waals surface area contributed by atoms with Crippen molar-refractivity contribution in [2.24, 2.45) is 0 Å². The fourth-order valence-corrected chi connectivity index (χ4v) is 1.16. The van der Waals surface area contributed by atoms with Crippen LogP contribution in [0.25, 0.3) is 6.08 Å². The Morgan fingerprint density at radius 2 is 1.86 bits per heavy atom. The molecule has 0 bridgehead atoms. The largest absolute Gasteiger partial charge is 0.545 e. The zero-order valence-electron chi connectivity index (χ0n) is 8.36. The normalized spacial score (nSPS) is 11.1. The van der Waals surface area contributed by atoms with Gasteiger partial charge in [-0.15, -0.1) is 0 Å². The lowest BCUT2D eigenvalue weighted by atomic mass is 10.0. The van der Waals surface area contributed by atoms with Crippen molar-refractivity contribution in [1.82, 2.24) is 0 Å². The highest BCUT2D eigenvalue weighted by Crippen LogP contribution is 2.15. The van der Waals surface area contributed by atoms with Crippen LogP contribution in [0, 0.1) is 0 Å². The Hall–Kier alpha value is -1.57. The molecule has 1 rings (SSSR count). The third-order valence-electron chi connectivity index (χ3n) is 2.01. The summed E-state index contributed by atoms with van der Waals surface area (Å²) in [5, 5.41) is 10.1. The van der Waals surface area contributed by atoms with Gasteiger partial charge in [-0.2, -0.15) is 0 Å². The van der Waals surface area contributed by atoms with Gasteiger partial charge in [-0.3, -0.25) is 0 Å². The molecule has 2 heteroatoms. The molecule has 1 aromatic rings. The SMILES string of the molecule is CC(C)c1ccc(/C=C/C(=O)[O-])cc1. The van der Waals surface area contributed by atoms with Gasteiger partial charge < -0.3 is 9.90 Å². The first-order chi connectivity index (χ1) is 6.59. The smallest absolute Gasteiger partial charge is 0.0643 e. The molecule has 2 nitrogen and oxygen atoms in total. The highest BCUT2D eigenvalue weighted by Gasteiger charge is 1.96. The third kappa shape index (κ3) is 3.05. The van der Waals surface area contributed by atoms with E-state index >= 15 is 0 Å². The highest BCUT2D eigenvalue weighted by atomic mass is 16.4. The predicted octanol–water partition coefficient (Wildman–Crippen LogP) is 1.57. The van der Waals surface area contributed by atoms with Crippen molar-refractivity contribution in [2.75, 3.05) is 0 Å². The lowest BCUT2D eigenvalue weighted by molar-refractivity contribution is -0.297. The summed E-state index contributed by atoms with van der Waals surface area (Å²) in [5.41, 5.74) is 2.12. The van der Waals surface area contributed by atoms with E-state index in [9.17, 15) is 9.90 Å². The first-order valence-corrected chi connectivity index (χ1v) is 4.58. The molecule has 0 unspecified atom stereocenters. The summed E-state index contributed by atoms with van der Waals surface area (Å²) in [7, 11) is 0. The molecule has 14 heavy (non-hydrogen) atoms. The molecule has 0 aromatic heterocycles. The second-order valence-corrected chi connectivity index (χ2v) is 3.47. The van der Waals surface area contributed by atoms with E-state index in [2.05, 4.69) is 13.8 Å². The minimum atomic E-state index is -1.17. The number of carbonyl (C=O) groups excluding carboxylic acids is 1. The number of hydrogen-bond acceptors (Lipinski definition) is 2.